The van der Waals surface area contributed by atoms with Crippen LogP contribution in [0.2, 0.25) is 0 Å². The van der Waals surface area contributed by atoms with Crippen LogP contribution in [0, 0.1) is 5.92 Å². The van der Waals surface area contributed by atoms with E-state index in [9.17, 15) is 8.42 Å². The summed E-state index contributed by atoms with van der Waals surface area (Å²) in [6.07, 6.45) is 5.64. The summed E-state index contributed by atoms with van der Waals surface area (Å²) in [5, 5.41) is 0.0325. The highest BCUT2D eigenvalue weighted by Crippen LogP contribution is 2.38. The normalized spacial score (nSPS) is 19.7. The maximum Gasteiger partial charge on any atom is 0.262 e. The lowest BCUT2D eigenvalue weighted by Gasteiger charge is -2.22. The Morgan fingerprint density at radius 3 is 2.68 bits per heavy atom. The second kappa shape index (κ2) is 4.73. The summed E-state index contributed by atoms with van der Waals surface area (Å²) in [7, 11) is -3.56. The van der Waals surface area contributed by atoms with E-state index in [2.05, 4.69) is 10.4 Å². The standard InChI is InChI=1S/C12H18N4O2S/c13-15-11-2-1-7-14-12(11)19(17,18)16(10-5-6-10)8-9-3-4-9/h1-2,7,9-10,15H,3-6,8,13H2. The van der Waals surface area contributed by atoms with Crippen LogP contribution in [0.25, 0.3) is 0 Å². The summed E-state index contributed by atoms with van der Waals surface area (Å²) in [6, 6.07) is 3.44. The number of nitrogens with two attached hydrogens (primary N) is 1. The number of nitrogens with zero attached hydrogens (tertiary/aromatic N) is 2. The van der Waals surface area contributed by atoms with E-state index < -0.39 is 10.0 Å². The molecule has 0 radical (unpaired) electrons. The summed E-state index contributed by atoms with van der Waals surface area (Å²) in [6.45, 7) is 0.619. The molecular weight excluding hydrogens is 264 g/mol. The molecule has 1 aromatic rings. The van der Waals surface area contributed by atoms with Crippen LogP contribution in [0.3, 0.4) is 0 Å². The number of hydrogen-bond acceptors (Lipinski definition) is 5. The van der Waals surface area contributed by atoms with Crippen molar-refractivity contribution in [3.8, 4) is 0 Å². The number of hydrogen-bond donors (Lipinski definition) is 2. The highest BCUT2D eigenvalue weighted by Gasteiger charge is 2.42. The van der Waals surface area contributed by atoms with Crippen LogP contribution in [0.5, 0.6) is 0 Å². The fourth-order valence-electron chi connectivity index (χ4n) is 2.18. The molecule has 104 valence electrons. The first-order chi connectivity index (χ1) is 9.13. The Hall–Kier alpha value is -1.18. The van der Waals surface area contributed by atoms with Gasteiger partial charge < -0.3 is 5.43 Å². The lowest BCUT2D eigenvalue weighted by atomic mass is 10.4. The molecule has 1 heterocycles. The third-order valence-electron chi connectivity index (χ3n) is 3.57. The van der Waals surface area contributed by atoms with Gasteiger partial charge in [-0.05, 0) is 43.7 Å². The Morgan fingerprint density at radius 1 is 1.37 bits per heavy atom. The van der Waals surface area contributed by atoms with Gasteiger partial charge in [0.25, 0.3) is 10.0 Å². The third kappa shape index (κ3) is 2.58. The monoisotopic (exact) mass is 282 g/mol. The first-order valence-electron chi connectivity index (χ1n) is 6.56. The molecule has 3 N–H and O–H groups in total. The summed E-state index contributed by atoms with van der Waals surface area (Å²) in [4.78, 5) is 4.01. The van der Waals surface area contributed by atoms with Gasteiger partial charge in [0.15, 0.2) is 5.03 Å². The lowest BCUT2D eigenvalue weighted by molar-refractivity contribution is 0.387. The predicted octanol–water partition coefficient (Wildman–Crippen LogP) is 0.930. The zero-order valence-corrected chi connectivity index (χ0v) is 11.4. The highest BCUT2D eigenvalue weighted by molar-refractivity contribution is 7.89. The first-order valence-corrected chi connectivity index (χ1v) is 8.00. The van der Waals surface area contributed by atoms with Crippen LogP contribution >= 0.6 is 0 Å². The molecule has 6 nitrogen and oxygen atoms in total. The minimum atomic E-state index is -3.56. The Bertz CT molecular complexity index is 567. The predicted molar refractivity (Wildman–Crippen MR) is 71.7 cm³/mol. The lowest BCUT2D eigenvalue weighted by Crippen LogP contribution is -2.36. The Labute approximate surface area is 113 Å². The van der Waals surface area contributed by atoms with Crippen LogP contribution in [0.4, 0.5) is 5.69 Å². The number of pyridine rings is 1. The van der Waals surface area contributed by atoms with Gasteiger partial charge in [0.05, 0.1) is 5.69 Å². The second-order valence-electron chi connectivity index (χ2n) is 5.25. The average molecular weight is 282 g/mol. The minimum absolute atomic E-state index is 0.0325. The topological polar surface area (TPSA) is 88.3 Å². The fourth-order valence-corrected chi connectivity index (χ4v) is 4.01. The first kappa shape index (κ1) is 12.8. The molecule has 2 aliphatic rings. The van der Waals surface area contributed by atoms with Gasteiger partial charge in [-0.25, -0.2) is 13.4 Å². The molecule has 0 aromatic carbocycles. The van der Waals surface area contributed by atoms with Gasteiger partial charge in [-0.2, -0.15) is 4.31 Å². The molecule has 0 atom stereocenters. The number of sulfonamides is 1. The van der Waals surface area contributed by atoms with Crippen molar-refractivity contribution in [1.82, 2.24) is 9.29 Å². The van der Waals surface area contributed by atoms with Gasteiger partial charge in [-0.1, -0.05) is 0 Å². The number of hydrazine groups is 1. The molecule has 0 bridgehead atoms. The zero-order valence-electron chi connectivity index (χ0n) is 10.6. The Morgan fingerprint density at radius 2 is 2.11 bits per heavy atom. The highest BCUT2D eigenvalue weighted by atomic mass is 32.2. The molecule has 0 saturated heterocycles. The van der Waals surface area contributed by atoms with Crippen LogP contribution < -0.4 is 11.3 Å². The molecule has 7 heteroatoms. The molecule has 1 aromatic heterocycles. The van der Waals surface area contributed by atoms with Gasteiger partial charge in [0.2, 0.25) is 0 Å². The van der Waals surface area contributed by atoms with E-state index in [4.69, 9.17) is 5.84 Å². The summed E-state index contributed by atoms with van der Waals surface area (Å²) in [5.41, 5.74) is 2.77. The van der Waals surface area contributed by atoms with Crippen molar-refractivity contribution in [3.05, 3.63) is 18.3 Å². The van der Waals surface area contributed by atoms with E-state index >= 15 is 0 Å². The number of aromatic nitrogens is 1. The SMILES string of the molecule is NNc1cccnc1S(=O)(=O)N(CC1CC1)C1CC1. The van der Waals surface area contributed by atoms with E-state index in [0.717, 1.165) is 25.7 Å². The van der Waals surface area contributed by atoms with E-state index in [1.165, 1.54) is 6.20 Å². The molecule has 0 amide bonds. The fraction of sp³-hybridized carbons (Fsp3) is 0.583. The van der Waals surface area contributed by atoms with E-state index in [0.29, 0.717) is 18.2 Å². The zero-order chi connectivity index (χ0) is 13.5. The van der Waals surface area contributed by atoms with E-state index in [-0.39, 0.29) is 11.1 Å². The van der Waals surface area contributed by atoms with Crippen LogP contribution in [-0.4, -0.2) is 30.3 Å². The Balaban J connectivity index is 1.94. The molecule has 2 fully saturated rings. The van der Waals surface area contributed by atoms with Crippen molar-refractivity contribution in [2.24, 2.45) is 11.8 Å². The van der Waals surface area contributed by atoms with Crippen molar-refractivity contribution in [1.29, 1.82) is 0 Å². The summed E-state index contributed by atoms with van der Waals surface area (Å²) < 4.78 is 27.1. The number of nitrogens with one attached hydrogen (secondary N) is 1. The number of nitrogen functional groups attached to an aromatic ring is 1. The smallest absolute Gasteiger partial charge is 0.262 e. The minimum Gasteiger partial charge on any atom is -0.321 e. The maximum absolute atomic E-state index is 12.7. The molecule has 0 spiro atoms. The van der Waals surface area contributed by atoms with Crippen molar-refractivity contribution in [2.45, 2.75) is 36.8 Å². The van der Waals surface area contributed by atoms with Crippen LogP contribution in [0.15, 0.2) is 23.4 Å². The van der Waals surface area contributed by atoms with Gasteiger partial charge in [0.1, 0.15) is 0 Å². The van der Waals surface area contributed by atoms with Crippen molar-refractivity contribution >= 4 is 15.7 Å². The quantitative estimate of drug-likeness (QED) is 0.598. The van der Waals surface area contributed by atoms with Crippen LogP contribution in [0.1, 0.15) is 25.7 Å². The largest absolute Gasteiger partial charge is 0.321 e. The average Bonchev–Trinajstić information content (AvgIpc) is 3.28. The van der Waals surface area contributed by atoms with Crippen LogP contribution in [-0.2, 0) is 10.0 Å². The van der Waals surface area contributed by atoms with Crippen molar-refractivity contribution < 1.29 is 8.42 Å². The molecule has 0 unspecified atom stereocenters. The van der Waals surface area contributed by atoms with E-state index in [1.54, 1.807) is 16.4 Å². The summed E-state index contributed by atoms with van der Waals surface area (Å²) >= 11 is 0. The molecule has 3 rings (SSSR count). The van der Waals surface area contributed by atoms with Gasteiger partial charge in [-0.15, -0.1) is 0 Å². The van der Waals surface area contributed by atoms with Gasteiger partial charge >= 0.3 is 0 Å². The molecular formula is C12H18N4O2S. The molecule has 0 aliphatic heterocycles. The van der Waals surface area contributed by atoms with Crippen molar-refractivity contribution in [3.63, 3.8) is 0 Å². The van der Waals surface area contributed by atoms with Gasteiger partial charge in [0, 0.05) is 18.8 Å². The molecule has 2 saturated carbocycles. The number of rotatable bonds is 6. The Kier molecular flexibility index (Phi) is 3.20. The number of anilines is 1. The van der Waals surface area contributed by atoms with Crippen molar-refractivity contribution in [2.75, 3.05) is 12.0 Å². The molecule has 2 aliphatic carbocycles. The third-order valence-corrected chi connectivity index (χ3v) is 5.45. The van der Waals surface area contributed by atoms with E-state index in [1.807, 2.05) is 0 Å². The summed E-state index contributed by atoms with van der Waals surface area (Å²) in [5.74, 6) is 5.90. The second-order valence-corrected chi connectivity index (χ2v) is 7.06. The molecule has 19 heavy (non-hydrogen) atoms. The maximum atomic E-state index is 12.7. The van der Waals surface area contributed by atoms with Gasteiger partial charge in [-0.3, -0.25) is 5.84 Å².